The molecule has 4 unspecified atom stereocenters. The lowest BCUT2D eigenvalue weighted by Gasteiger charge is -2.29. The molecule has 1 amide bonds. The van der Waals surface area contributed by atoms with Crippen LogP contribution in [-0.4, -0.2) is 29.1 Å². The number of amides is 1. The molecule has 0 aromatic carbocycles. The number of nitrogens with zero attached hydrogens (tertiary/aromatic N) is 1. The van der Waals surface area contributed by atoms with Crippen LogP contribution in [0.2, 0.25) is 0 Å². The van der Waals surface area contributed by atoms with E-state index in [1.165, 1.54) is 6.42 Å². The molecule has 1 N–H and O–H groups in total. The lowest BCUT2D eigenvalue weighted by atomic mass is 9.91. The average molecular weight is 252 g/mol. The quantitative estimate of drug-likeness (QED) is 0.837. The summed E-state index contributed by atoms with van der Waals surface area (Å²) in [5.41, 5.74) is 0.402. The SMILES string of the molecule is CCC(C)C1NC(C)N(C2CCC(C)(C)C2)C1=O. The van der Waals surface area contributed by atoms with Crippen molar-refractivity contribution >= 4 is 5.91 Å². The maximum atomic E-state index is 12.6. The van der Waals surface area contributed by atoms with E-state index in [9.17, 15) is 4.79 Å². The van der Waals surface area contributed by atoms with E-state index in [2.05, 4.69) is 44.8 Å². The van der Waals surface area contributed by atoms with Crippen molar-refractivity contribution in [1.29, 1.82) is 0 Å². The number of nitrogens with one attached hydrogen (secondary N) is 1. The maximum Gasteiger partial charge on any atom is 0.241 e. The molecule has 1 saturated heterocycles. The van der Waals surface area contributed by atoms with Gasteiger partial charge in [0.2, 0.25) is 5.91 Å². The van der Waals surface area contributed by atoms with E-state index in [0.29, 0.717) is 23.3 Å². The van der Waals surface area contributed by atoms with Gasteiger partial charge in [0, 0.05) is 6.04 Å². The van der Waals surface area contributed by atoms with Crippen LogP contribution in [0.1, 0.15) is 60.3 Å². The van der Waals surface area contributed by atoms with Crippen LogP contribution in [0.5, 0.6) is 0 Å². The van der Waals surface area contributed by atoms with E-state index >= 15 is 0 Å². The lowest BCUT2D eigenvalue weighted by molar-refractivity contribution is -0.132. The van der Waals surface area contributed by atoms with Gasteiger partial charge in [0.25, 0.3) is 0 Å². The number of hydrogen-bond acceptors (Lipinski definition) is 2. The summed E-state index contributed by atoms with van der Waals surface area (Å²) in [6.07, 6.45) is 4.81. The minimum Gasteiger partial charge on any atom is -0.323 e. The fourth-order valence-corrected chi connectivity index (χ4v) is 3.54. The highest BCUT2D eigenvalue weighted by atomic mass is 16.2. The van der Waals surface area contributed by atoms with E-state index < -0.39 is 0 Å². The third kappa shape index (κ3) is 2.42. The fourth-order valence-electron chi connectivity index (χ4n) is 3.54. The standard InChI is InChI=1S/C15H28N2O/c1-6-10(2)13-14(18)17(11(3)16-13)12-7-8-15(4,5)9-12/h10-13,16H,6-9H2,1-5H3. The molecular formula is C15H28N2O. The van der Waals surface area contributed by atoms with Gasteiger partial charge in [-0.15, -0.1) is 0 Å². The first-order valence-corrected chi connectivity index (χ1v) is 7.44. The lowest BCUT2D eigenvalue weighted by Crippen LogP contribution is -2.42. The van der Waals surface area contributed by atoms with Gasteiger partial charge in [-0.3, -0.25) is 10.1 Å². The molecule has 1 aliphatic carbocycles. The normalized spacial score (nSPS) is 37.3. The molecule has 1 aliphatic heterocycles. The molecular weight excluding hydrogens is 224 g/mol. The second kappa shape index (κ2) is 4.84. The molecule has 18 heavy (non-hydrogen) atoms. The summed E-state index contributed by atoms with van der Waals surface area (Å²) in [7, 11) is 0. The Bertz CT molecular complexity index is 326. The molecule has 1 heterocycles. The Morgan fingerprint density at radius 1 is 1.50 bits per heavy atom. The van der Waals surface area contributed by atoms with E-state index in [0.717, 1.165) is 19.3 Å². The van der Waals surface area contributed by atoms with Crippen molar-refractivity contribution in [2.75, 3.05) is 0 Å². The first-order valence-electron chi connectivity index (χ1n) is 7.44. The van der Waals surface area contributed by atoms with Gasteiger partial charge in [0.05, 0.1) is 12.2 Å². The van der Waals surface area contributed by atoms with Gasteiger partial charge >= 0.3 is 0 Å². The van der Waals surface area contributed by atoms with E-state index in [4.69, 9.17) is 0 Å². The summed E-state index contributed by atoms with van der Waals surface area (Å²) in [6.45, 7) is 11.1. The van der Waals surface area contributed by atoms with Crippen molar-refractivity contribution < 1.29 is 4.79 Å². The van der Waals surface area contributed by atoms with Gasteiger partial charge in [-0.25, -0.2) is 0 Å². The number of carbonyl (C=O) groups is 1. The van der Waals surface area contributed by atoms with Gasteiger partial charge in [-0.05, 0) is 37.5 Å². The van der Waals surface area contributed by atoms with Crippen molar-refractivity contribution in [3.63, 3.8) is 0 Å². The average Bonchev–Trinajstić information content (AvgIpc) is 2.78. The van der Waals surface area contributed by atoms with Gasteiger partial charge < -0.3 is 4.90 Å². The second-order valence-electron chi connectivity index (χ2n) is 7.01. The Balaban J connectivity index is 2.08. The minimum atomic E-state index is 0.0358. The zero-order chi connectivity index (χ0) is 13.5. The highest BCUT2D eigenvalue weighted by molar-refractivity contribution is 5.85. The smallest absolute Gasteiger partial charge is 0.241 e. The molecule has 1 saturated carbocycles. The number of carbonyl (C=O) groups excluding carboxylic acids is 1. The molecule has 3 heteroatoms. The predicted octanol–water partition coefficient (Wildman–Crippen LogP) is 2.76. The first kappa shape index (κ1) is 13.9. The van der Waals surface area contributed by atoms with Crippen molar-refractivity contribution in [2.45, 2.75) is 78.6 Å². The highest BCUT2D eigenvalue weighted by Crippen LogP contribution is 2.41. The van der Waals surface area contributed by atoms with Crippen molar-refractivity contribution in [3.8, 4) is 0 Å². The summed E-state index contributed by atoms with van der Waals surface area (Å²) >= 11 is 0. The Morgan fingerprint density at radius 3 is 2.67 bits per heavy atom. The molecule has 0 bridgehead atoms. The van der Waals surface area contributed by atoms with Crippen LogP contribution >= 0.6 is 0 Å². The summed E-state index contributed by atoms with van der Waals surface area (Å²) in [6, 6.07) is 0.484. The first-order chi connectivity index (χ1) is 8.35. The fraction of sp³-hybridized carbons (Fsp3) is 0.933. The van der Waals surface area contributed by atoms with Crippen LogP contribution < -0.4 is 5.32 Å². The van der Waals surface area contributed by atoms with Crippen LogP contribution in [0.25, 0.3) is 0 Å². The monoisotopic (exact) mass is 252 g/mol. The molecule has 0 aromatic heterocycles. The van der Waals surface area contributed by atoms with Crippen LogP contribution in [0.3, 0.4) is 0 Å². The summed E-state index contributed by atoms with van der Waals surface area (Å²) < 4.78 is 0. The van der Waals surface area contributed by atoms with Crippen molar-refractivity contribution in [2.24, 2.45) is 11.3 Å². The molecule has 2 fully saturated rings. The Morgan fingerprint density at radius 2 is 2.17 bits per heavy atom. The Labute approximate surface area is 111 Å². The third-order valence-corrected chi connectivity index (χ3v) is 4.91. The van der Waals surface area contributed by atoms with E-state index in [1.54, 1.807) is 0 Å². The molecule has 2 rings (SSSR count). The van der Waals surface area contributed by atoms with Gasteiger partial charge in [0.1, 0.15) is 0 Å². The molecule has 0 spiro atoms. The second-order valence-corrected chi connectivity index (χ2v) is 7.01. The zero-order valence-electron chi connectivity index (χ0n) is 12.5. The van der Waals surface area contributed by atoms with Crippen molar-refractivity contribution in [1.82, 2.24) is 10.2 Å². The largest absolute Gasteiger partial charge is 0.323 e. The maximum absolute atomic E-state index is 12.6. The van der Waals surface area contributed by atoms with Crippen LogP contribution in [0, 0.1) is 11.3 Å². The van der Waals surface area contributed by atoms with Crippen LogP contribution in [0.15, 0.2) is 0 Å². The Kier molecular flexibility index (Phi) is 3.72. The summed E-state index contributed by atoms with van der Waals surface area (Å²) in [4.78, 5) is 14.7. The highest BCUT2D eigenvalue weighted by Gasteiger charge is 2.45. The third-order valence-electron chi connectivity index (χ3n) is 4.91. The number of rotatable bonds is 3. The zero-order valence-corrected chi connectivity index (χ0v) is 12.5. The van der Waals surface area contributed by atoms with Crippen LogP contribution in [0.4, 0.5) is 0 Å². The molecule has 2 aliphatic rings. The molecule has 3 nitrogen and oxygen atoms in total. The molecule has 4 atom stereocenters. The molecule has 0 radical (unpaired) electrons. The minimum absolute atomic E-state index is 0.0358. The van der Waals surface area contributed by atoms with Gasteiger partial charge in [-0.2, -0.15) is 0 Å². The predicted molar refractivity (Wildman–Crippen MR) is 74.1 cm³/mol. The summed E-state index contributed by atoms with van der Waals surface area (Å²) in [5.74, 6) is 0.763. The topological polar surface area (TPSA) is 32.3 Å². The van der Waals surface area contributed by atoms with E-state index in [1.807, 2.05) is 0 Å². The van der Waals surface area contributed by atoms with Crippen LogP contribution in [-0.2, 0) is 4.79 Å². The van der Waals surface area contributed by atoms with Gasteiger partial charge in [-0.1, -0.05) is 34.1 Å². The van der Waals surface area contributed by atoms with Gasteiger partial charge in [0.15, 0.2) is 0 Å². The number of hydrogen-bond donors (Lipinski definition) is 1. The van der Waals surface area contributed by atoms with E-state index in [-0.39, 0.29) is 12.2 Å². The Hall–Kier alpha value is -0.570. The summed E-state index contributed by atoms with van der Waals surface area (Å²) in [5, 5.41) is 3.48. The molecule has 0 aromatic rings. The van der Waals surface area contributed by atoms with Crippen molar-refractivity contribution in [3.05, 3.63) is 0 Å². The molecule has 104 valence electrons.